The molecule has 0 aromatic heterocycles. The van der Waals surface area contributed by atoms with Crippen molar-refractivity contribution < 1.29 is 14.7 Å². The number of nitrogens with one attached hydrogen (secondary N) is 1. The first-order valence-corrected chi connectivity index (χ1v) is 10.5. The van der Waals surface area contributed by atoms with Gasteiger partial charge >= 0.3 is 0 Å². The monoisotopic (exact) mass is 427 g/mol. The molecule has 0 saturated carbocycles. The third-order valence-corrected chi connectivity index (χ3v) is 5.70. The highest BCUT2D eigenvalue weighted by Crippen LogP contribution is 2.28. The average molecular weight is 428 g/mol. The SMILES string of the molecule is C[C@@H](C(=O)NC1N=C(c2ccccc2)c2ccccc2N(C)C1=O)[C@@H](O)c1ccccc1. The van der Waals surface area contributed by atoms with E-state index in [1.807, 2.05) is 60.7 Å². The lowest BCUT2D eigenvalue weighted by Gasteiger charge is -2.23. The summed E-state index contributed by atoms with van der Waals surface area (Å²) in [7, 11) is 1.67. The molecule has 3 atom stereocenters. The summed E-state index contributed by atoms with van der Waals surface area (Å²) in [4.78, 5) is 32.4. The number of benzodiazepines with no additional fused rings is 1. The fourth-order valence-electron chi connectivity index (χ4n) is 3.79. The zero-order valence-corrected chi connectivity index (χ0v) is 18.0. The van der Waals surface area contributed by atoms with Gasteiger partial charge < -0.3 is 15.3 Å². The summed E-state index contributed by atoms with van der Waals surface area (Å²) < 4.78 is 0. The minimum Gasteiger partial charge on any atom is -0.388 e. The fourth-order valence-corrected chi connectivity index (χ4v) is 3.79. The van der Waals surface area contributed by atoms with Gasteiger partial charge in [0.2, 0.25) is 12.1 Å². The van der Waals surface area contributed by atoms with Gasteiger partial charge in [-0.05, 0) is 11.6 Å². The Kier molecular flexibility index (Phi) is 6.14. The smallest absolute Gasteiger partial charge is 0.272 e. The number of fused-ring (bicyclic) bond motifs is 1. The zero-order chi connectivity index (χ0) is 22.7. The van der Waals surface area contributed by atoms with Gasteiger partial charge in [0, 0.05) is 18.2 Å². The summed E-state index contributed by atoms with van der Waals surface area (Å²) in [5, 5.41) is 13.4. The molecule has 1 unspecified atom stereocenters. The van der Waals surface area contributed by atoms with Crippen LogP contribution in [0.1, 0.15) is 29.7 Å². The molecular weight excluding hydrogens is 402 g/mol. The van der Waals surface area contributed by atoms with Gasteiger partial charge in [0.05, 0.1) is 23.4 Å². The molecule has 1 aliphatic rings. The first-order valence-electron chi connectivity index (χ1n) is 10.5. The van der Waals surface area contributed by atoms with Crippen molar-refractivity contribution in [1.29, 1.82) is 0 Å². The lowest BCUT2D eigenvalue weighted by Crippen LogP contribution is -2.48. The van der Waals surface area contributed by atoms with E-state index in [4.69, 9.17) is 0 Å². The summed E-state index contributed by atoms with van der Waals surface area (Å²) in [6.07, 6.45) is -2.11. The highest BCUT2D eigenvalue weighted by Gasteiger charge is 2.33. The summed E-state index contributed by atoms with van der Waals surface area (Å²) in [5.74, 6) is -1.56. The molecule has 0 aliphatic carbocycles. The van der Waals surface area contributed by atoms with Gasteiger partial charge in [0.15, 0.2) is 0 Å². The zero-order valence-electron chi connectivity index (χ0n) is 18.0. The lowest BCUT2D eigenvalue weighted by molar-refractivity contribution is -0.132. The van der Waals surface area contributed by atoms with Gasteiger partial charge in [0.1, 0.15) is 0 Å². The van der Waals surface area contributed by atoms with E-state index in [0.29, 0.717) is 17.0 Å². The molecule has 3 aromatic carbocycles. The first-order chi connectivity index (χ1) is 15.5. The van der Waals surface area contributed by atoms with Crippen LogP contribution in [0.4, 0.5) is 5.69 Å². The molecule has 162 valence electrons. The van der Waals surface area contributed by atoms with Gasteiger partial charge in [-0.15, -0.1) is 0 Å². The highest BCUT2D eigenvalue weighted by molar-refractivity contribution is 6.20. The standard InChI is InChI=1S/C26H25N3O3/c1-17(23(30)19-13-7-4-8-14-19)25(31)28-24-26(32)29(2)21-16-10-9-15-20(21)22(27-24)18-11-5-3-6-12-18/h3-17,23-24,30H,1-2H3,(H,28,31)/t17-,23-,24?/m1/s1. The van der Waals surface area contributed by atoms with Crippen molar-refractivity contribution in [3.63, 3.8) is 0 Å². The van der Waals surface area contributed by atoms with Crippen LogP contribution < -0.4 is 10.2 Å². The fraction of sp³-hybridized carbons (Fsp3) is 0.192. The van der Waals surface area contributed by atoms with Crippen LogP contribution in [-0.2, 0) is 9.59 Å². The quantitative estimate of drug-likeness (QED) is 0.655. The topological polar surface area (TPSA) is 82.0 Å². The van der Waals surface area contributed by atoms with Crippen LogP contribution in [0, 0.1) is 5.92 Å². The molecule has 2 amide bonds. The molecule has 2 N–H and O–H groups in total. The predicted octanol–water partition coefficient (Wildman–Crippen LogP) is 3.31. The van der Waals surface area contributed by atoms with E-state index in [-0.39, 0.29) is 5.91 Å². The molecule has 6 heteroatoms. The number of nitrogens with zero attached hydrogens (tertiary/aromatic N) is 2. The average Bonchev–Trinajstić information content (AvgIpc) is 2.95. The number of hydrogen-bond donors (Lipinski definition) is 2. The molecule has 6 nitrogen and oxygen atoms in total. The van der Waals surface area contributed by atoms with Gasteiger partial charge in [0.25, 0.3) is 5.91 Å². The Hall–Kier alpha value is -3.77. The van der Waals surface area contributed by atoms with Crippen molar-refractivity contribution >= 4 is 23.2 Å². The lowest BCUT2D eigenvalue weighted by atomic mass is 9.96. The van der Waals surface area contributed by atoms with Crippen molar-refractivity contribution in [1.82, 2.24) is 5.32 Å². The molecule has 0 bridgehead atoms. The van der Waals surface area contributed by atoms with Gasteiger partial charge in [-0.2, -0.15) is 0 Å². The maximum atomic E-state index is 13.2. The summed E-state index contributed by atoms with van der Waals surface area (Å²) in [6.45, 7) is 1.63. The number of amides is 2. The van der Waals surface area contributed by atoms with E-state index in [0.717, 1.165) is 11.1 Å². The number of likely N-dealkylation sites (N-methyl/N-ethyl adjacent to an activating group) is 1. The van der Waals surface area contributed by atoms with Crippen molar-refractivity contribution in [2.24, 2.45) is 10.9 Å². The minimum atomic E-state index is -1.11. The van der Waals surface area contributed by atoms with Crippen molar-refractivity contribution in [3.05, 3.63) is 102 Å². The molecule has 1 aliphatic heterocycles. The second kappa shape index (κ2) is 9.16. The number of carbonyl (C=O) groups excluding carboxylic acids is 2. The van der Waals surface area contributed by atoms with Crippen LogP contribution in [0.25, 0.3) is 0 Å². The maximum Gasteiger partial charge on any atom is 0.272 e. The Morgan fingerprint density at radius 3 is 2.25 bits per heavy atom. The van der Waals surface area contributed by atoms with E-state index in [9.17, 15) is 14.7 Å². The number of anilines is 1. The summed E-state index contributed by atoms with van der Waals surface area (Å²) >= 11 is 0. The number of para-hydroxylation sites is 1. The molecule has 0 radical (unpaired) electrons. The van der Waals surface area contributed by atoms with E-state index in [1.54, 1.807) is 38.2 Å². The van der Waals surface area contributed by atoms with Crippen molar-refractivity contribution in [2.75, 3.05) is 11.9 Å². The Balaban J connectivity index is 1.67. The normalized spacial score (nSPS) is 17.6. The largest absolute Gasteiger partial charge is 0.388 e. The van der Waals surface area contributed by atoms with Crippen molar-refractivity contribution in [3.8, 4) is 0 Å². The second-order valence-electron chi connectivity index (χ2n) is 7.81. The molecule has 3 aromatic rings. The molecule has 4 rings (SSSR count). The van der Waals surface area contributed by atoms with E-state index in [2.05, 4.69) is 10.3 Å². The van der Waals surface area contributed by atoms with Crippen LogP contribution in [0.3, 0.4) is 0 Å². The number of hydrogen-bond acceptors (Lipinski definition) is 4. The predicted molar refractivity (Wildman–Crippen MR) is 124 cm³/mol. The Morgan fingerprint density at radius 2 is 1.56 bits per heavy atom. The number of rotatable bonds is 5. The third-order valence-electron chi connectivity index (χ3n) is 5.70. The molecular formula is C26H25N3O3. The Bertz CT molecular complexity index is 1150. The number of benzene rings is 3. The number of aliphatic hydroxyl groups excluding tert-OH is 1. The highest BCUT2D eigenvalue weighted by atomic mass is 16.3. The molecule has 1 heterocycles. The summed E-state index contributed by atoms with van der Waals surface area (Å²) in [6, 6.07) is 26.1. The molecule has 0 spiro atoms. The minimum absolute atomic E-state index is 0.349. The summed E-state index contributed by atoms with van der Waals surface area (Å²) in [5.41, 5.74) is 3.64. The third kappa shape index (κ3) is 4.18. The van der Waals surface area contributed by atoms with Crippen LogP contribution >= 0.6 is 0 Å². The second-order valence-corrected chi connectivity index (χ2v) is 7.81. The Labute approximate surface area is 187 Å². The Morgan fingerprint density at radius 1 is 0.969 bits per heavy atom. The van der Waals surface area contributed by atoms with Crippen LogP contribution in [0.2, 0.25) is 0 Å². The van der Waals surface area contributed by atoms with Crippen molar-refractivity contribution in [2.45, 2.75) is 19.2 Å². The van der Waals surface area contributed by atoms with Crippen LogP contribution in [0.5, 0.6) is 0 Å². The molecule has 0 saturated heterocycles. The molecule has 0 fully saturated rings. The number of aliphatic hydroxyl groups is 1. The van der Waals surface area contributed by atoms with E-state index >= 15 is 0 Å². The van der Waals surface area contributed by atoms with Crippen LogP contribution in [-0.4, -0.2) is 35.8 Å². The van der Waals surface area contributed by atoms with E-state index < -0.39 is 24.1 Å². The van der Waals surface area contributed by atoms with Crippen LogP contribution in [0.15, 0.2) is 89.9 Å². The molecule has 32 heavy (non-hydrogen) atoms. The van der Waals surface area contributed by atoms with Gasteiger partial charge in [-0.3, -0.25) is 9.59 Å². The van der Waals surface area contributed by atoms with E-state index in [1.165, 1.54) is 4.90 Å². The van der Waals surface area contributed by atoms with Gasteiger partial charge in [-0.1, -0.05) is 85.8 Å². The maximum absolute atomic E-state index is 13.2. The first kappa shape index (κ1) is 21.5. The number of carbonyl (C=O) groups is 2. The van der Waals surface area contributed by atoms with Gasteiger partial charge in [-0.25, -0.2) is 4.99 Å². The number of aliphatic imine (C=N–C) groups is 1.